The van der Waals surface area contributed by atoms with Crippen LogP contribution in [0.3, 0.4) is 0 Å². The van der Waals surface area contributed by atoms with Gasteiger partial charge in [0.1, 0.15) is 19.0 Å². The van der Waals surface area contributed by atoms with Gasteiger partial charge in [0.15, 0.2) is 0 Å². The minimum atomic E-state index is -0.332. The van der Waals surface area contributed by atoms with E-state index in [0.717, 1.165) is 120 Å². The predicted octanol–water partition coefficient (Wildman–Crippen LogP) is 20.7. The standard InChI is InChI=1S/C16H26.C14H24O2.C14H22O2.C14H20O2.C13H22O.C9H14O2/c1-6-13(4)10-15-8-7-14(5)16(11-15)9-12(2)3;1-5-15-10-16-14-7-6-12(4)13(9-14)8-11(2)3;2*1-5-14(15)16-13-7-6-11(4)12(9-13)8-10(2)3;1-5-14-13-7-6-11(4)12(9-13)8-10(2)3;1-7-2-3-9(11)6-8(7)4-5-10/h9,12,15H,4-8,10-11H2,1-3H3;8,11,14H,4-7,9-10H2,1-3H3;8,10,13H,4-7,9H2,1-3H3;5,8,10,13H,1,4,6-7,9H2,2-3H3;8,10,13H,4-7,9H2,1-3H3;4,9-11H,1-3,5-6H2. The molecule has 9 nitrogen and oxygen atoms in total. The summed E-state index contributed by atoms with van der Waals surface area (Å²) in [5.74, 6) is 3.23. The number of hydrogen-bond acceptors (Lipinski definition) is 9. The summed E-state index contributed by atoms with van der Waals surface area (Å²) < 4.78 is 27.2. The molecule has 0 aliphatic heterocycles. The van der Waals surface area contributed by atoms with Gasteiger partial charge in [0.2, 0.25) is 0 Å². The van der Waals surface area contributed by atoms with Crippen molar-refractivity contribution >= 4 is 11.9 Å². The van der Waals surface area contributed by atoms with E-state index in [4.69, 9.17) is 28.8 Å². The van der Waals surface area contributed by atoms with Crippen LogP contribution in [0.5, 0.6) is 0 Å². The second-order valence-electron chi connectivity index (χ2n) is 26.7. The third-order valence-corrected chi connectivity index (χ3v) is 16.3. The van der Waals surface area contributed by atoms with Crippen LogP contribution in [0.2, 0.25) is 0 Å². The average Bonchev–Trinajstić information content (AvgIpc) is 3.66. The fourth-order valence-electron chi connectivity index (χ4n) is 11.5. The highest BCUT2D eigenvalue weighted by Crippen LogP contribution is 2.37. The average molecular weight is 1230 g/mol. The van der Waals surface area contributed by atoms with E-state index in [-0.39, 0.29) is 36.9 Å². The number of rotatable bonds is 19. The molecular formula is C80H128O9. The molecule has 6 aliphatic carbocycles. The summed E-state index contributed by atoms with van der Waals surface area (Å²) in [6.07, 6.45) is 35.4. The smallest absolute Gasteiger partial charge is 0.330 e. The summed E-state index contributed by atoms with van der Waals surface area (Å²) in [6.45, 7) is 63.9. The van der Waals surface area contributed by atoms with Crippen LogP contribution in [-0.4, -0.2) is 79.3 Å². The first kappa shape index (κ1) is 82.1. The van der Waals surface area contributed by atoms with Crippen LogP contribution in [0.4, 0.5) is 0 Å². The van der Waals surface area contributed by atoms with Crippen LogP contribution < -0.4 is 0 Å². The molecule has 502 valence electrons. The van der Waals surface area contributed by atoms with E-state index in [1.807, 2.05) is 13.8 Å². The van der Waals surface area contributed by atoms with E-state index in [9.17, 15) is 14.7 Å². The highest BCUT2D eigenvalue weighted by molar-refractivity contribution is 5.81. The summed E-state index contributed by atoms with van der Waals surface area (Å²) in [6, 6.07) is 0. The third-order valence-electron chi connectivity index (χ3n) is 16.3. The second-order valence-corrected chi connectivity index (χ2v) is 26.7. The number of esters is 2. The molecule has 6 aliphatic rings. The van der Waals surface area contributed by atoms with Gasteiger partial charge in [-0.2, -0.15) is 0 Å². The van der Waals surface area contributed by atoms with Gasteiger partial charge in [0, 0.05) is 38.6 Å². The number of carbonyl (C=O) groups is 2. The molecule has 0 radical (unpaired) electrons. The fraction of sp³-hybridized carbons (Fsp3) is 0.625. The van der Waals surface area contributed by atoms with Gasteiger partial charge >= 0.3 is 11.9 Å². The normalized spacial score (nSPS) is 25.0. The van der Waals surface area contributed by atoms with Crippen LogP contribution in [-0.2, 0) is 33.3 Å². The number of aliphatic hydroxyl groups is 2. The van der Waals surface area contributed by atoms with Gasteiger partial charge in [0.25, 0.3) is 0 Å². The molecule has 9 heteroatoms. The minimum Gasteiger partial charge on any atom is -0.462 e. The Balaban J connectivity index is 0.000000536. The lowest BCUT2D eigenvalue weighted by molar-refractivity contribution is -0.149. The maximum atomic E-state index is 11.2. The van der Waals surface area contributed by atoms with E-state index in [2.05, 4.69) is 166 Å². The Labute approximate surface area is 544 Å². The largest absolute Gasteiger partial charge is 0.462 e. The number of allylic oxidation sites excluding steroid dienone is 13. The van der Waals surface area contributed by atoms with E-state index in [0.29, 0.717) is 68.0 Å². The molecule has 0 aromatic carbocycles. The Hall–Kier alpha value is -4.90. The first-order valence-corrected chi connectivity index (χ1v) is 34.2. The molecule has 0 heterocycles. The summed E-state index contributed by atoms with van der Waals surface area (Å²) >= 11 is 0. The molecule has 6 rings (SSSR count). The van der Waals surface area contributed by atoms with E-state index in [1.54, 1.807) is 6.08 Å². The fourth-order valence-corrected chi connectivity index (χ4v) is 11.5. The van der Waals surface area contributed by atoms with Crippen LogP contribution >= 0.6 is 0 Å². The zero-order chi connectivity index (χ0) is 67.2. The lowest BCUT2D eigenvalue weighted by atomic mass is 9.78. The van der Waals surface area contributed by atoms with Gasteiger partial charge in [-0.3, -0.25) is 4.79 Å². The van der Waals surface area contributed by atoms with Crippen molar-refractivity contribution in [1.29, 1.82) is 0 Å². The zero-order valence-electron chi connectivity index (χ0n) is 59.0. The number of carbonyl (C=O) groups excluding carboxylic acids is 2. The topological polar surface area (TPSA) is 121 Å². The zero-order valence-corrected chi connectivity index (χ0v) is 59.0. The van der Waals surface area contributed by atoms with Crippen LogP contribution in [0.25, 0.3) is 0 Å². The number of ether oxygens (including phenoxy) is 5. The number of aliphatic hydroxyl groups excluding tert-OH is 2. The molecular weight excluding hydrogens is 1100 g/mol. The van der Waals surface area contributed by atoms with Gasteiger partial charge in [-0.05, 0) is 198 Å². The summed E-state index contributed by atoms with van der Waals surface area (Å²) in [7, 11) is 0. The van der Waals surface area contributed by atoms with Crippen molar-refractivity contribution in [1.82, 2.24) is 0 Å². The monoisotopic (exact) mass is 1230 g/mol. The molecule has 0 aromatic heterocycles. The Morgan fingerprint density at radius 2 is 0.854 bits per heavy atom. The minimum absolute atomic E-state index is 0.0130. The van der Waals surface area contributed by atoms with Crippen LogP contribution in [0.1, 0.15) is 232 Å². The molecule has 0 saturated heterocycles. The van der Waals surface area contributed by atoms with Crippen molar-refractivity contribution in [2.24, 2.45) is 35.5 Å². The molecule has 89 heavy (non-hydrogen) atoms. The summed E-state index contributed by atoms with van der Waals surface area (Å²) in [5.41, 5.74) is 16.7. The van der Waals surface area contributed by atoms with Crippen molar-refractivity contribution in [2.45, 2.75) is 262 Å². The van der Waals surface area contributed by atoms with Crippen molar-refractivity contribution < 1.29 is 43.5 Å². The predicted molar refractivity (Wildman–Crippen MR) is 378 cm³/mol. The molecule has 0 bridgehead atoms. The molecule has 0 aromatic rings. The van der Waals surface area contributed by atoms with E-state index in [1.165, 1.54) is 93.1 Å². The summed E-state index contributed by atoms with van der Waals surface area (Å²) in [5, 5.41) is 17.9. The molecule has 6 atom stereocenters. The quantitative estimate of drug-likeness (QED) is 0.0428. The Morgan fingerprint density at radius 3 is 1.24 bits per heavy atom. The molecule has 0 spiro atoms. The maximum Gasteiger partial charge on any atom is 0.330 e. The van der Waals surface area contributed by atoms with E-state index < -0.39 is 0 Å². The maximum absolute atomic E-state index is 11.2. The molecule has 6 unspecified atom stereocenters. The van der Waals surface area contributed by atoms with Crippen molar-refractivity contribution in [3.63, 3.8) is 0 Å². The van der Waals surface area contributed by atoms with Crippen LogP contribution in [0, 0.1) is 35.5 Å². The van der Waals surface area contributed by atoms with Gasteiger partial charge in [-0.25, -0.2) is 4.79 Å². The van der Waals surface area contributed by atoms with Crippen molar-refractivity contribution in [3.8, 4) is 0 Å². The molecule has 6 fully saturated rings. The third kappa shape index (κ3) is 36.7. The van der Waals surface area contributed by atoms with E-state index >= 15 is 0 Å². The van der Waals surface area contributed by atoms with Gasteiger partial charge in [-0.1, -0.05) is 211 Å². The van der Waals surface area contributed by atoms with Crippen molar-refractivity contribution in [3.05, 3.63) is 168 Å². The Bertz CT molecular complexity index is 2380. The van der Waals surface area contributed by atoms with Crippen molar-refractivity contribution in [2.75, 3.05) is 26.6 Å². The van der Waals surface area contributed by atoms with Gasteiger partial charge < -0.3 is 33.9 Å². The first-order valence-electron chi connectivity index (χ1n) is 34.2. The highest BCUT2D eigenvalue weighted by Gasteiger charge is 2.26. The van der Waals surface area contributed by atoms with Crippen LogP contribution in [0.15, 0.2) is 168 Å². The SMILES string of the molecule is C=C(CC)CC1CCC(=C)C(=CC(C)C)C1.C=C1CCC(O)CC1=CCO.C=C1CCC(OC(=O)CC)CC1=CC(C)C.C=C1CCC(OCC)CC1=CC(C)C.C=C1CCC(OCOCC)CC1=CC(C)C.C=CC(=O)OC1CCC(=C)C(=CC(C)C)C1. The number of hydrogen-bond donors (Lipinski definition) is 2. The molecule has 2 N–H and O–H groups in total. The molecule has 6 saturated carbocycles. The lowest BCUT2D eigenvalue weighted by Crippen LogP contribution is -2.22. The Morgan fingerprint density at radius 1 is 0.483 bits per heavy atom. The highest BCUT2D eigenvalue weighted by atomic mass is 16.7. The first-order chi connectivity index (χ1) is 42.1. The second kappa shape index (κ2) is 46.2. The summed E-state index contributed by atoms with van der Waals surface area (Å²) in [4.78, 5) is 22.3. The molecule has 0 amide bonds. The Kier molecular flexibility index (Phi) is 42.6. The van der Waals surface area contributed by atoms with Gasteiger partial charge in [-0.15, -0.1) is 0 Å². The van der Waals surface area contributed by atoms with Gasteiger partial charge in [0.05, 0.1) is 24.9 Å². The lowest BCUT2D eigenvalue weighted by Gasteiger charge is -2.27.